The predicted molar refractivity (Wildman–Crippen MR) is 82.0 cm³/mol. The molecule has 1 saturated carbocycles. The number of ether oxygens (including phenoxy) is 3. The van der Waals surface area contributed by atoms with E-state index in [4.69, 9.17) is 19.9 Å². The van der Waals surface area contributed by atoms with Gasteiger partial charge in [0.15, 0.2) is 21.3 Å². The zero-order valence-corrected chi connectivity index (χ0v) is 13.6. The van der Waals surface area contributed by atoms with Gasteiger partial charge in [0.1, 0.15) is 0 Å². The predicted octanol–water partition coefficient (Wildman–Crippen LogP) is 1.05. The summed E-state index contributed by atoms with van der Waals surface area (Å²) >= 11 is 0. The van der Waals surface area contributed by atoms with Crippen LogP contribution in [0.5, 0.6) is 11.5 Å². The van der Waals surface area contributed by atoms with Crippen molar-refractivity contribution < 1.29 is 22.6 Å². The molecule has 0 aromatic heterocycles. The van der Waals surface area contributed by atoms with Crippen molar-refractivity contribution in [3.8, 4) is 11.5 Å². The van der Waals surface area contributed by atoms with Gasteiger partial charge in [0.2, 0.25) is 6.79 Å². The highest BCUT2D eigenvalue weighted by molar-refractivity contribution is 7.92. The molecule has 0 spiro atoms. The van der Waals surface area contributed by atoms with E-state index in [1.165, 1.54) is 0 Å². The highest BCUT2D eigenvalue weighted by Gasteiger charge is 2.68. The number of sulfone groups is 1. The molecule has 0 saturated heterocycles. The first-order chi connectivity index (χ1) is 10.4. The molecule has 2 N–H and O–H groups in total. The summed E-state index contributed by atoms with van der Waals surface area (Å²) < 4.78 is 40.8. The third kappa shape index (κ3) is 2.37. The van der Waals surface area contributed by atoms with E-state index >= 15 is 0 Å². The van der Waals surface area contributed by atoms with Crippen molar-refractivity contribution in [1.29, 1.82) is 0 Å². The number of rotatable bonds is 6. The summed E-state index contributed by atoms with van der Waals surface area (Å²) in [6.07, 6.45) is 0. The molecular weight excluding hydrogens is 306 g/mol. The second kappa shape index (κ2) is 5.40. The first kappa shape index (κ1) is 15.6. The standard InChI is InChI=1S/C15H21NO5S/c1-3-19-8-15(16)13(14(15)22(17,18)4-2)10-5-6-11-12(7-10)21-9-20-11/h5-7,13-14H,3-4,8-9,16H2,1-2H3/t13-,14-,15-/m0/s1. The maximum Gasteiger partial charge on any atom is 0.231 e. The number of nitrogens with two attached hydrogens (primary N) is 1. The highest BCUT2D eigenvalue weighted by atomic mass is 32.2. The Morgan fingerprint density at radius 1 is 1.32 bits per heavy atom. The average molecular weight is 327 g/mol. The lowest BCUT2D eigenvalue weighted by Gasteiger charge is -2.12. The van der Waals surface area contributed by atoms with Crippen molar-refractivity contribution in [2.75, 3.05) is 25.8 Å². The molecule has 2 aliphatic rings. The van der Waals surface area contributed by atoms with Crippen molar-refractivity contribution >= 4 is 9.84 Å². The van der Waals surface area contributed by atoms with Gasteiger partial charge >= 0.3 is 0 Å². The molecule has 1 heterocycles. The molecule has 6 nitrogen and oxygen atoms in total. The smallest absolute Gasteiger partial charge is 0.231 e. The zero-order valence-electron chi connectivity index (χ0n) is 12.7. The quantitative estimate of drug-likeness (QED) is 0.840. The van der Waals surface area contributed by atoms with Crippen LogP contribution in [0.2, 0.25) is 0 Å². The summed E-state index contributed by atoms with van der Waals surface area (Å²) in [5.74, 6) is 1.10. The highest BCUT2D eigenvalue weighted by Crippen LogP contribution is 2.55. The fourth-order valence-corrected chi connectivity index (χ4v) is 5.18. The lowest BCUT2D eigenvalue weighted by Crippen LogP contribution is -2.36. The summed E-state index contributed by atoms with van der Waals surface area (Å²) in [4.78, 5) is 0. The molecule has 122 valence electrons. The Morgan fingerprint density at radius 2 is 2.05 bits per heavy atom. The van der Waals surface area contributed by atoms with Crippen LogP contribution in [-0.2, 0) is 14.6 Å². The fraction of sp³-hybridized carbons (Fsp3) is 0.600. The van der Waals surface area contributed by atoms with Gasteiger partial charge in [0.25, 0.3) is 0 Å². The minimum atomic E-state index is -3.25. The summed E-state index contributed by atoms with van der Waals surface area (Å²) in [5, 5.41) is -0.614. The summed E-state index contributed by atoms with van der Waals surface area (Å²) in [6.45, 7) is 4.43. The topological polar surface area (TPSA) is 87.8 Å². The number of benzene rings is 1. The van der Waals surface area contributed by atoms with Gasteiger partial charge in [-0.1, -0.05) is 13.0 Å². The molecule has 0 amide bonds. The van der Waals surface area contributed by atoms with Gasteiger partial charge in [-0.05, 0) is 24.6 Å². The van der Waals surface area contributed by atoms with Gasteiger partial charge in [0, 0.05) is 18.3 Å². The van der Waals surface area contributed by atoms with Crippen molar-refractivity contribution in [3.63, 3.8) is 0 Å². The summed E-state index contributed by atoms with van der Waals surface area (Å²) in [6, 6.07) is 5.48. The molecule has 22 heavy (non-hydrogen) atoms. The van der Waals surface area contributed by atoms with Crippen LogP contribution in [0.1, 0.15) is 25.3 Å². The lowest BCUT2D eigenvalue weighted by molar-refractivity contribution is 0.125. The van der Waals surface area contributed by atoms with E-state index in [1.54, 1.807) is 13.0 Å². The molecule has 1 aliphatic carbocycles. The largest absolute Gasteiger partial charge is 0.454 e. The van der Waals surface area contributed by atoms with Crippen molar-refractivity contribution in [1.82, 2.24) is 0 Å². The van der Waals surface area contributed by atoms with Crippen LogP contribution in [-0.4, -0.2) is 45.0 Å². The maximum absolute atomic E-state index is 12.4. The second-order valence-corrected chi connectivity index (χ2v) is 8.12. The summed E-state index contributed by atoms with van der Waals surface area (Å²) in [5.41, 5.74) is 6.36. The third-order valence-electron chi connectivity index (χ3n) is 4.40. The van der Waals surface area contributed by atoms with Gasteiger partial charge in [-0.2, -0.15) is 0 Å². The van der Waals surface area contributed by atoms with E-state index in [1.807, 2.05) is 19.1 Å². The molecule has 1 fully saturated rings. The third-order valence-corrected chi connectivity index (χ3v) is 6.69. The number of hydrogen-bond acceptors (Lipinski definition) is 6. The zero-order chi connectivity index (χ0) is 16.0. The van der Waals surface area contributed by atoms with E-state index in [9.17, 15) is 8.42 Å². The van der Waals surface area contributed by atoms with Gasteiger partial charge in [0.05, 0.1) is 17.4 Å². The normalized spacial score (nSPS) is 29.6. The molecule has 7 heteroatoms. The molecule has 0 unspecified atom stereocenters. The second-order valence-electron chi connectivity index (χ2n) is 5.71. The van der Waals surface area contributed by atoms with Crippen LogP contribution in [0.3, 0.4) is 0 Å². The van der Waals surface area contributed by atoms with Gasteiger partial charge < -0.3 is 19.9 Å². The Morgan fingerprint density at radius 3 is 2.73 bits per heavy atom. The van der Waals surface area contributed by atoms with Crippen LogP contribution in [0.25, 0.3) is 0 Å². The van der Waals surface area contributed by atoms with Gasteiger partial charge in [-0.15, -0.1) is 0 Å². The monoisotopic (exact) mass is 327 g/mol. The van der Waals surface area contributed by atoms with Gasteiger partial charge in [-0.3, -0.25) is 0 Å². The Bertz CT molecular complexity index is 675. The minimum Gasteiger partial charge on any atom is -0.454 e. The van der Waals surface area contributed by atoms with Crippen LogP contribution in [0.15, 0.2) is 18.2 Å². The van der Waals surface area contributed by atoms with E-state index < -0.39 is 20.6 Å². The van der Waals surface area contributed by atoms with Crippen molar-refractivity contribution in [2.45, 2.75) is 30.6 Å². The van der Waals surface area contributed by atoms with Gasteiger partial charge in [-0.25, -0.2) is 8.42 Å². The van der Waals surface area contributed by atoms with Crippen molar-refractivity contribution in [3.05, 3.63) is 23.8 Å². The SMILES string of the molecule is CCOC[C@]1(N)[C@@H](c2ccc3c(c2)OCO3)[C@@H]1S(=O)(=O)CC. The molecule has 1 aromatic rings. The Labute approximate surface area is 130 Å². The molecular formula is C15H21NO5S. The van der Waals surface area contributed by atoms with Crippen LogP contribution in [0.4, 0.5) is 0 Å². The van der Waals surface area contributed by atoms with Crippen LogP contribution in [0, 0.1) is 0 Å². The molecule has 3 atom stereocenters. The molecule has 0 bridgehead atoms. The minimum absolute atomic E-state index is 0.0732. The molecule has 1 aliphatic heterocycles. The van der Waals surface area contributed by atoms with E-state index in [-0.39, 0.29) is 25.1 Å². The fourth-order valence-electron chi connectivity index (χ4n) is 3.19. The van der Waals surface area contributed by atoms with Crippen LogP contribution < -0.4 is 15.2 Å². The number of hydrogen-bond donors (Lipinski definition) is 1. The van der Waals surface area contributed by atoms with E-state index in [0.29, 0.717) is 18.1 Å². The summed E-state index contributed by atoms with van der Waals surface area (Å²) in [7, 11) is -3.25. The Hall–Kier alpha value is -1.31. The molecule has 1 aromatic carbocycles. The number of fused-ring (bicyclic) bond motifs is 1. The lowest BCUT2D eigenvalue weighted by atomic mass is 10.1. The first-order valence-electron chi connectivity index (χ1n) is 7.41. The Kier molecular flexibility index (Phi) is 3.82. The first-order valence-corrected chi connectivity index (χ1v) is 9.13. The van der Waals surface area contributed by atoms with E-state index in [0.717, 1.165) is 5.56 Å². The maximum atomic E-state index is 12.4. The van der Waals surface area contributed by atoms with Crippen LogP contribution >= 0.6 is 0 Å². The average Bonchev–Trinajstić information content (AvgIpc) is 2.90. The molecule has 0 radical (unpaired) electrons. The van der Waals surface area contributed by atoms with E-state index in [2.05, 4.69) is 0 Å². The Balaban J connectivity index is 1.93. The van der Waals surface area contributed by atoms with Crippen molar-refractivity contribution in [2.24, 2.45) is 5.73 Å². The molecule has 3 rings (SSSR count).